The van der Waals surface area contributed by atoms with Gasteiger partial charge in [0.1, 0.15) is 0 Å². The van der Waals surface area contributed by atoms with E-state index in [2.05, 4.69) is 5.32 Å². The summed E-state index contributed by atoms with van der Waals surface area (Å²) in [6, 6.07) is 4.25. The number of methoxy groups -OCH3 is 1. The van der Waals surface area contributed by atoms with Crippen LogP contribution in [0, 0.1) is 16.0 Å². The van der Waals surface area contributed by atoms with Crippen LogP contribution in [0.25, 0.3) is 0 Å². The van der Waals surface area contributed by atoms with Crippen LogP contribution in [0.4, 0.5) is 5.69 Å². The molecule has 0 atom stereocenters. The van der Waals surface area contributed by atoms with Gasteiger partial charge in [-0.05, 0) is 30.9 Å². The second kappa shape index (κ2) is 7.06. The van der Waals surface area contributed by atoms with E-state index in [1.807, 2.05) is 0 Å². The molecular formula is C15H20N2O4. The molecule has 0 aliphatic heterocycles. The molecule has 0 bridgehead atoms. The highest BCUT2D eigenvalue weighted by Crippen LogP contribution is 2.27. The standard InChI is InChI=1S/C15H20N2O4/c1-21-14-8-7-12(9-13(14)17(19)20)15(18)16-10-11-5-3-2-4-6-11/h7-9,11H,2-6,10H2,1H3,(H,16,18). The molecule has 0 unspecified atom stereocenters. The van der Waals surface area contributed by atoms with Crippen molar-refractivity contribution in [1.29, 1.82) is 0 Å². The van der Waals surface area contributed by atoms with Gasteiger partial charge < -0.3 is 10.1 Å². The van der Waals surface area contributed by atoms with Gasteiger partial charge >= 0.3 is 5.69 Å². The van der Waals surface area contributed by atoms with Crippen molar-refractivity contribution in [1.82, 2.24) is 5.32 Å². The number of ether oxygens (including phenoxy) is 1. The number of nitro groups is 1. The Balaban J connectivity index is 2.01. The minimum Gasteiger partial charge on any atom is -0.490 e. The minimum absolute atomic E-state index is 0.156. The van der Waals surface area contributed by atoms with Gasteiger partial charge in [-0.3, -0.25) is 14.9 Å². The van der Waals surface area contributed by atoms with Gasteiger partial charge in [0.05, 0.1) is 12.0 Å². The molecule has 1 aliphatic carbocycles. The fraction of sp³-hybridized carbons (Fsp3) is 0.533. The number of rotatable bonds is 5. The Morgan fingerprint density at radius 3 is 2.71 bits per heavy atom. The maximum Gasteiger partial charge on any atom is 0.311 e. The Labute approximate surface area is 123 Å². The van der Waals surface area contributed by atoms with Crippen LogP contribution in [0.15, 0.2) is 18.2 Å². The smallest absolute Gasteiger partial charge is 0.311 e. The lowest BCUT2D eigenvalue weighted by Crippen LogP contribution is -2.30. The van der Waals surface area contributed by atoms with Crippen molar-refractivity contribution < 1.29 is 14.5 Å². The third-order valence-electron chi connectivity index (χ3n) is 3.91. The first-order valence-corrected chi connectivity index (χ1v) is 7.22. The lowest BCUT2D eigenvalue weighted by Gasteiger charge is -2.21. The van der Waals surface area contributed by atoms with Crippen LogP contribution in [0.3, 0.4) is 0 Å². The summed E-state index contributed by atoms with van der Waals surface area (Å²) in [6.45, 7) is 0.638. The zero-order chi connectivity index (χ0) is 15.2. The van der Waals surface area contributed by atoms with E-state index < -0.39 is 4.92 Å². The first-order chi connectivity index (χ1) is 10.1. The summed E-state index contributed by atoms with van der Waals surface area (Å²) in [5, 5.41) is 13.8. The first-order valence-electron chi connectivity index (χ1n) is 7.22. The van der Waals surface area contributed by atoms with Crippen LogP contribution in [0.1, 0.15) is 42.5 Å². The second-order valence-corrected chi connectivity index (χ2v) is 5.36. The average molecular weight is 292 g/mol. The third kappa shape index (κ3) is 3.93. The van der Waals surface area contributed by atoms with Crippen molar-refractivity contribution in [2.45, 2.75) is 32.1 Å². The molecule has 0 aromatic heterocycles. The molecule has 6 heteroatoms. The molecule has 21 heavy (non-hydrogen) atoms. The number of benzene rings is 1. The maximum atomic E-state index is 12.1. The van der Waals surface area contributed by atoms with Gasteiger partial charge in [0, 0.05) is 18.2 Å². The second-order valence-electron chi connectivity index (χ2n) is 5.36. The van der Waals surface area contributed by atoms with Gasteiger partial charge in [-0.15, -0.1) is 0 Å². The summed E-state index contributed by atoms with van der Waals surface area (Å²) in [5.41, 5.74) is 0.0983. The molecule has 1 aromatic carbocycles. The number of nitro benzene ring substituents is 1. The number of nitrogens with zero attached hydrogens (tertiary/aromatic N) is 1. The molecule has 114 valence electrons. The SMILES string of the molecule is COc1ccc(C(=O)NCC2CCCCC2)cc1[N+](=O)[O-]. The number of amides is 1. The van der Waals surface area contributed by atoms with Gasteiger partial charge in [-0.2, -0.15) is 0 Å². The van der Waals surface area contributed by atoms with Crippen LogP contribution in [0.5, 0.6) is 5.75 Å². The predicted octanol–water partition coefficient (Wildman–Crippen LogP) is 2.91. The van der Waals surface area contributed by atoms with E-state index in [0.29, 0.717) is 18.0 Å². The average Bonchev–Trinajstić information content (AvgIpc) is 2.52. The van der Waals surface area contributed by atoms with Crippen molar-refractivity contribution in [3.05, 3.63) is 33.9 Å². The predicted molar refractivity (Wildman–Crippen MR) is 78.6 cm³/mol. The molecule has 2 rings (SSSR count). The zero-order valence-electron chi connectivity index (χ0n) is 12.1. The molecule has 1 N–H and O–H groups in total. The molecule has 1 aliphatic rings. The Morgan fingerprint density at radius 2 is 2.10 bits per heavy atom. The zero-order valence-corrected chi connectivity index (χ0v) is 12.1. The van der Waals surface area contributed by atoms with Gasteiger partial charge in [0.25, 0.3) is 5.91 Å². The molecule has 0 spiro atoms. The van der Waals surface area contributed by atoms with E-state index in [0.717, 1.165) is 12.8 Å². The Bertz CT molecular complexity index is 524. The molecule has 1 fully saturated rings. The highest BCUT2D eigenvalue weighted by molar-refractivity contribution is 5.95. The van der Waals surface area contributed by atoms with Gasteiger partial charge in [-0.25, -0.2) is 0 Å². The van der Waals surface area contributed by atoms with Crippen molar-refractivity contribution in [2.24, 2.45) is 5.92 Å². The fourth-order valence-electron chi connectivity index (χ4n) is 2.70. The summed E-state index contributed by atoms with van der Waals surface area (Å²) in [5.74, 6) is 0.408. The van der Waals surface area contributed by atoms with E-state index in [-0.39, 0.29) is 17.3 Å². The van der Waals surface area contributed by atoms with E-state index in [9.17, 15) is 14.9 Å². The molecule has 0 heterocycles. The molecule has 1 amide bonds. The van der Waals surface area contributed by atoms with Crippen LogP contribution in [-0.2, 0) is 0 Å². The Kier molecular flexibility index (Phi) is 5.14. The highest BCUT2D eigenvalue weighted by atomic mass is 16.6. The minimum atomic E-state index is -0.545. The number of nitrogens with one attached hydrogen (secondary N) is 1. The Hall–Kier alpha value is -2.11. The summed E-state index contributed by atoms with van der Waals surface area (Å²) in [4.78, 5) is 22.5. The van der Waals surface area contributed by atoms with Crippen molar-refractivity contribution in [3.63, 3.8) is 0 Å². The van der Waals surface area contributed by atoms with Crippen molar-refractivity contribution in [3.8, 4) is 5.75 Å². The summed E-state index contributed by atoms with van der Waals surface area (Å²) < 4.78 is 4.92. The van der Waals surface area contributed by atoms with Crippen LogP contribution in [0.2, 0.25) is 0 Å². The number of hydrogen-bond donors (Lipinski definition) is 1. The number of hydrogen-bond acceptors (Lipinski definition) is 4. The molecule has 0 radical (unpaired) electrons. The first kappa shape index (κ1) is 15.3. The maximum absolute atomic E-state index is 12.1. The fourth-order valence-corrected chi connectivity index (χ4v) is 2.70. The molecule has 6 nitrogen and oxygen atoms in total. The molecule has 1 aromatic rings. The summed E-state index contributed by atoms with van der Waals surface area (Å²) in [7, 11) is 1.37. The topological polar surface area (TPSA) is 81.5 Å². The summed E-state index contributed by atoms with van der Waals surface area (Å²) >= 11 is 0. The monoisotopic (exact) mass is 292 g/mol. The molecule has 0 saturated heterocycles. The van der Waals surface area contributed by atoms with Crippen LogP contribution < -0.4 is 10.1 Å². The largest absolute Gasteiger partial charge is 0.490 e. The number of carbonyl (C=O) groups is 1. The number of carbonyl (C=O) groups excluding carboxylic acids is 1. The van der Waals surface area contributed by atoms with Gasteiger partial charge in [-0.1, -0.05) is 19.3 Å². The van der Waals surface area contributed by atoms with Crippen LogP contribution in [-0.4, -0.2) is 24.5 Å². The van der Waals surface area contributed by atoms with E-state index in [1.165, 1.54) is 38.5 Å². The Morgan fingerprint density at radius 1 is 1.38 bits per heavy atom. The third-order valence-corrected chi connectivity index (χ3v) is 3.91. The normalized spacial score (nSPS) is 15.5. The van der Waals surface area contributed by atoms with Crippen molar-refractivity contribution in [2.75, 3.05) is 13.7 Å². The van der Waals surface area contributed by atoms with Crippen LogP contribution >= 0.6 is 0 Å². The highest BCUT2D eigenvalue weighted by Gasteiger charge is 2.19. The quantitative estimate of drug-likeness (QED) is 0.668. The molecule has 1 saturated carbocycles. The van der Waals surface area contributed by atoms with Gasteiger partial charge in [0.15, 0.2) is 5.75 Å². The van der Waals surface area contributed by atoms with Crippen molar-refractivity contribution >= 4 is 11.6 Å². The summed E-state index contributed by atoms with van der Waals surface area (Å²) in [6.07, 6.45) is 5.99. The molecular weight excluding hydrogens is 272 g/mol. The van der Waals surface area contributed by atoms with E-state index in [4.69, 9.17) is 4.74 Å². The van der Waals surface area contributed by atoms with E-state index >= 15 is 0 Å². The lowest BCUT2D eigenvalue weighted by molar-refractivity contribution is -0.385. The van der Waals surface area contributed by atoms with Gasteiger partial charge in [0.2, 0.25) is 0 Å². The lowest BCUT2D eigenvalue weighted by atomic mass is 9.89. The van der Waals surface area contributed by atoms with E-state index in [1.54, 1.807) is 6.07 Å².